The maximum atomic E-state index is 12.4. The Hall–Kier alpha value is -2.17. The van der Waals surface area contributed by atoms with Gasteiger partial charge >= 0.3 is 0 Å². The van der Waals surface area contributed by atoms with Gasteiger partial charge in [0.15, 0.2) is 16.7 Å². The van der Waals surface area contributed by atoms with Crippen LogP contribution >= 0.6 is 27.7 Å². The molecule has 1 atom stereocenters. The molecule has 5 nitrogen and oxygen atoms in total. The lowest BCUT2D eigenvalue weighted by Crippen LogP contribution is -2.27. The topological polar surface area (TPSA) is 59.9 Å². The van der Waals surface area contributed by atoms with E-state index < -0.39 is 0 Å². The second kappa shape index (κ2) is 11.1. The van der Waals surface area contributed by atoms with Crippen LogP contribution in [0.15, 0.2) is 39.5 Å². The maximum absolute atomic E-state index is 12.4. The third-order valence-corrected chi connectivity index (χ3v) is 5.83. The zero-order valence-corrected chi connectivity index (χ0v) is 19.7. The van der Waals surface area contributed by atoms with Crippen LogP contribution in [0, 0.1) is 18.8 Å². The Morgan fingerprint density at radius 1 is 1.38 bits per heavy atom. The van der Waals surface area contributed by atoms with Crippen LogP contribution in [0.1, 0.15) is 31.4 Å². The number of rotatable bonds is 6. The number of nitrogens with zero attached hydrogens (tertiary/aromatic N) is 1. The zero-order valence-electron chi connectivity index (χ0n) is 17.3. The van der Waals surface area contributed by atoms with Crippen molar-refractivity contribution >= 4 is 38.8 Å². The monoisotopic (exact) mass is 476 g/mol. The van der Waals surface area contributed by atoms with Gasteiger partial charge in [0.25, 0.3) is 0 Å². The fraction of sp³-hybridized carbons (Fsp3) is 0.364. The Morgan fingerprint density at radius 3 is 2.79 bits per heavy atom. The summed E-state index contributed by atoms with van der Waals surface area (Å²) in [6.45, 7) is 5.81. The molecule has 1 aliphatic heterocycles. The Kier molecular flexibility index (Phi) is 8.87. The minimum absolute atomic E-state index is 0.0625. The fourth-order valence-electron chi connectivity index (χ4n) is 2.83. The minimum Gasteiger partial charge on any atom is -0.493 e. The second-order valence-electron chi connectivity index (χ2n) is 6.29. The van der Waals surface area contributed by atoms with Gasteiger partial charge in [-0.1, -0.05) is 23.7 Å². The van der Waals surface area contributed by atoms with Gasteiger partial charge in [-0.3, -0.25) is 4.79 Å². The third kappa shape index (κ3) is 6.41. The lowest BCUT2D eigenvalue weighted by Gasteiger charge is -2.14. The number of halogens is 1. The molecule has 0 spiro atoms. The predicted octanol–water partition coefficient (Wildman–Crippen LogP) is 4.74. The van der Waals surface area contributed by atoms with Crippen LogP contribution in [0.5, 0.6) is 11.5 Å². The van der Waals surface area contributed by atoms with Crippen LogP contribution in [0.4, 0.5) is 0 Å². The Balaban J connectivity index is 1.99. The number of thioether (sulfide) groups is 1. The summed E-state index contributed by atoms with van der Waals surface area (Å²) in [6.07, 6.45) is 4.76. The minimum atomic E-state index is -0.0625. The van der Waals surface area contributed by atoms with Gasteiger partial charge in [0.1, 0.15) is 0 Å². The molecule has 0 saturated carbocycles. The van der Waals surface area contributed by atoms with E-state index in [0.717, 1.165) is 21.3 Å². The summed E-state index contributed by atoms with van der Waals surface area (Å²) in [5, 5.41) is 3.71. The third-order valence-electron chi connectivity index (χ3n) is 4.35. The molecule has 1 aliphatic rings. The van der Waals surface area contributed by atoms with Crippen molar-refractivity contribution in [2.24, 2.45) is 4.99 Å². The lowest BCUT2D eigenvalue weighted by atomic mass is 10.0. The van der Waals surface area contributed by atoms with E-state index in [-0.39, 0.29) is 11.2 Å². The number of amidine groups is 1. The van der Waals surface area contributed by atoms with Crippen LogP contribution < -0.4 is 14.8 Å². The number of aryl methyl sites for hydroxylation is 1. The highest BCUT2D eigenvalue weighted by atomic mass is 79.9. The molecule has 1 aromatic rings. The van der Waals surface area contributed by atoms with Gasteiger partial charge in [-0.15, -0.1) is 5.92 Å². The average Bonchev–Trinajstić information content (AvgIpc) is 3.04. The first kappa shape index (κ1) is 23.1. The van der Waals surface area contributed by atoms with Gasteiger partial charge in [-0.05, 0) is 72.5 Å². The van der Waals surface area contributed by atoms with Crippen LogP contribution in [0.3, 0.4) is 0 Å². The number of benzene rings is 1. The molecule has 0 aliphatic carbocycles. The summed E-state index contributed by atoms with van der Waals surface area (Å²) in [7, 11) is 3.23. The van der Waals surface area contributed by atoms with Crippen molar-refractivity contribution in [1.82, 2.24) is 5.32 Å². The number of amides is 1. The van der Waals surface area contributed by atoms with Crippen LogP contribution in [0.25, 0.3) is 0 Å². The van der Waals surface area contributed by atoms with Gasteiger partial charge in [0.05, 0.1) is 29.6 Å². The molecule has 29 heavy (non-hydrogen) atoms. The Bertz CT molecular complexity index is 926. The average molecular weight is 477 g/mol. The van der Waals surface area contributed by atoms with Crippen molar-refractivity contribution in [1.29, 1.82) is 0 Å². The van der Waals surface area contributed by atoms with Crippen molar-refractivity contribution in [3.05, 3.63) is 45.6 Å². The van der Waals surface area contributed by atoms with E-state index in [1.54, 1.807) is 21.1 Å². The number of carbonyl (C=O) groups excluding carboxylic acids is 1. The van der Waals surface area contributed by atoms with Crippen LogP contribution in [-0.4, -0.2) is 30.5 Å². The molecule has 1 N–H and O–H groups in total. The molecule has 0 saturated heterocycles. The number of hydrogen-bond acceptors (Lipinski definition) is 5. The SMILES string of the molecule is CC#C/C(Br)=C\C=C1\N=C(NC(=O)CCc2ccc(OC)c(OC)c2C)SC1C. The smallest absolute Gasteiger partial charge is 0.226 e. The fourth-order valence-corrected chi connectivity index (χ4v) is 4.08. The molecule has 0 aromatic heterocycles. The Labute approximate surface area is 185 Å². The molecular weight excluding hydrogens is 452 g/mol. The van der Waals surface area contributed by atoms with E-state index in [1.807, 2.05) is 31.2 Å². The molecule has 1 aromatic carbocycles. The number of allylic oxidation sites excluding steroid dienone is 3. The van der Waals surface area contributed by atoms with Crippen LogP contribution in [-0.2, 0) is 11.2 Å². The van der Waals surface area contributed by atoms with Gasteiger partial charge in [-0.25, -0.2) is 4.99 Å². The number of carbonyl (C=O) groups is 1. The van der Waals surface area contributed by atoms with Gasteiger partial charge in [0, 0.05) is 6.42 Å². The van der Waals surface area contributed by atoms with E-state index in [9.17, 15) is 4.79 Å². The highest BCUT2D eigenvalue weighted by Crippen LogP contribution is 2.33. The van der Waals surface area contributed by atoms with Crippen molar-refractivity contribution in [2.75, 3.05) is 14.2 Å². The summed E-state index contributed by atoms with van der Waals surface area (Å²) >= 11 is 4.92. The first-order chi connectivity index (χ1) is 13.9. The first-order valence-electron chi connectivity index (χ1n) is 9.15. The predicted molar refractivity (Wildman–Crippen MR) is 124 cm³/mol. The highest BCUT2D eigenvalue weighted by Gasteiger charge is 2.22. The van der Waals surface area contributed by atoms with E-state index >= 15 is 0 Å². The molecule has 154 valence electrons. The standard InChI is InChI=1S/C22H25BrN2O3S/c1-6-7-17(23)10-11-18-15(3)29-22(24-18)25-20(26)13-9-16-8-12-19(27-4)21(28-5)14(16)2/h8,10-12,15H,9,13H2,1-5H3,(H,24,25,26)/b17-10+,18-11+. The number of aliphatic imine (C=N–C) groups is 1. The molecule has 2 rings (SSSR count). The van der Waals surface area contributed by atoms with Crippen molar-refractivity contribution < 1.29 is 14.3 Å². The number of ether oxygens (including phenoxy) is 2. The number of hydrogen-bond donors (Lipinski definition) is 1. The molecule has 1 heterocycles. The normalized spacial score (nSPS) is 17.4. The molecular formula is C22H25BrN2O3S. The van der Waals surface area contributed by atoms with Crippen molar-refractivity contribution in [3.8, 4) is 23.3 Å². The maximum Gasteiger partial charge on any atom is 0.226 e. The first-order valence-corrected chi connectivity index (χ1v) is 10.8. The molecule has 1 amide bonds. The van der Waals surface area contributed by atoms with E-state index in [4.69, 9.17) is 9.47 Å². The quantitative estimate of drug-likeness (QED) is 0.602. The molecule has 1 unspecified atom stereocenters. The molecule has 0 bridgehead atoms. The van der Waals surface area contributed by atoms with E-state index in [0.29, 0.717) is 29.5 Å². The zero-order chi connectivity index (χ0) is 21.4. The Morgan fingerprint density at radius 2 is 2.14 bits per heavy atom. The van der Waals surface area contributed by atoms with Gasteiger partial charge in [-0.2, -0.15) is 0 Å². The van der Waals surface area contributed by atoms with E-state index in [1.165, 1.54) is 11.8 Å². The summed E-state index contributed by atoms with van der Waals surface area (Å²) in [6, 6.07) is 3.83. The summed E-state index contributed by atoms with van der Waals surface area (Å²) in [4.78, 5) is 16.9. The largest absolute Gasteiger partial charge is 0.493 e. The number of methoxy groups -OCH3 is 2. The molecule has 0 radical (unpaired) electrons. The lowest BCUT2D eigenvalue weighted by molar-refractivity contribution is -0.119. The van der Waals surface area contributed by atoms with Gasteiger partial charge in [0.2, 0.25) is 5.91 Å². The molecule has 7 heteroatoms. The van der Waals surface area contributed by atoms with Crippen molar-refractivity contribution in [3.63, 3.8) is 0 Å². The summed E-state index contributed by atoms with van der Waals surface area (Å²) < 4.78 is 11.5. The van der Waals surface area contributed by atoms with E-state index in [2.05, 4.69) is 45.0 Å². The summed E-state index contributed by atoms with van der Waals surface area (Å²) in [5.74, 6) is 7.08. The summed E-state index contributed by atoms with van der Waals surface area (Å²) in [5.41, 5.74) is 2.94. The molecule has 0 fully saturated rings. The number of nitrogens with one attached hydrogen (secondary N) is 1. The van der Waals surface area contributed by atoms with Gasteiger partial charge < -0.3 is 14.8 Å². The van der Waals surface area contributed by atoms with Crippen LogP contribution in [0.2, 0.25) is 0 Å². The second-order valence-corrected chi connectivity index (χ2v) is 8.48. The highest BCUT2D eigenvalue weighted by molar-refractivity contribution is 9.12. The van der Waals surface area contributed by atoms with Crippen molar-refractivity contribution in [2.45, 2.75) is 38.9 Å².